The van der Waals surface area contributed by atoms with Gasteiger partial charge in [-0.05, 0) is 18.2 Å². The number of benzene rings is 1. The highest BCUT2D eigenvalue weighted by Gasteiger charge is 2.30. The molecule has 1 aromatic carbocycles. The number of nitrogens with two attached hydrogens (primary N) is 1. The Morgan fingerprint density at radius 3 is 2.48 bits per heavy atom. The number of halogens is 4. The van der Waals surface area contributed by atoms with Gasteiger partial charge >= 0.3 is 6.18 Å². The normalized spacial score (nSPS) is 10.4. The Labute approximate surface area is 137 Å². The van der Waals surface area contributed by atoms with Crippen LogP contribution in [0.15, 0.2) is 24.3 Å². The third-order valence-corrected chi connectivity index (χ3v) is 2.49. The lowest BCUT2D eigenvalue weighted by molar-refractivity contribution is -0.137. The first kappa shape index (κ1) is 21.0. The average Bonchev–Trinajstić information content (AvgIpc) is 2.48. The van der Waals surface area contributed by atoms with E-state index in [-0.39, 0.29) is 44.4 Å². The number of alkyl halides is 3. The maximum Gasteiger partial charge on any atom is 0.416 e. The van der Waals surface area contributed by atoms with Gasteiger partial charge in [-0.25, -0.2) is 0 Å². The molecule has 0 atom stereocenters. The molecule has 0 aliphatic rings. The molecule has 0 bridgehead atoms. The SMILES string of the molecule is Cl.NCC(=O)NCC(=O)NCCOc1cccc(C(F)(F)F)c1. The quantitative estimate of drug-likeness (QED) is 0.628. The van der Waals surface area contributed by atoms with Crippen molar-refractivity contribution in [3.63, 3.8) is 0 Å². The maximum atomic E-state index is 12.5. The average molecular weight is 356 g/mol. The van der Waals surface area contributed by atoms with Crippen molar-refractivity contribution in [2.24, 2.45) is 5.73 Å². The zero-order valence-electron chi connectivity index (χ0n) is 12.0. The second-order valence-electron chi connectivity index (χ2n) is 4.20. The summed E-state index contributed by atoms with van der Waals surface area (Å²) in [7, 11) is 0. The first-order chi connectivity index (χ1) is 10.3. The van der Waals surface area contributed by atoms with E-state index >= 15 is 0 Å². The van der Waals surface area contributed by atoms with Crippen LogP contribution in [0.5, 0.6) is 5.75 Å². The van der Waals surface area contributed by atoms with Crippen LogP contribution >= 0.6 is 12.4 Å². The molecule has 1 aromatic rings. The van der Waals surface area contributed by atoms with Crippen LogP contribution < -0.4 is 21.1 Å². The lowest BCUT2D eigenvalue weighted by Crippen LogP contribution is -2.40. The van der Waals surface area contributed by atoms with E-state index in [1.165, 1.54) is 12.1 Å². The third-order valence-electron chi connectivity index (χ3n) is 2.49. The second-order valence-corrected chi connectivity index (χ2v) is 4.20. The Bertz CT molecular complexity index is 527. The standard InChI is InChI=1S/C13H16F3N3O3.ClH/c14-13(15,16)9-2-1-3-10(6-9)22-5-4-18-12(21)8-19-11(20)7-17;/h1-3,6H,4-5,7-8,17H2,(H,18,21)(H,19,20);1H. The van der Waals surface area contributed by atoms with Gasteiger partial charge in [-0.2, -0.15) is 13.2 Å². The van der Waals surface area contributed by atoms with Gasteiger partial charge in [-0.1, -0.05) is 6.07 Å². The highest BCUT2D eigenvalue weighted by Crippen LogP contribution is 2.31. The van der Waals surface area contributed by atoms with Gasteiger partial charge < -0.3 is 21.1 Å². The molecule has 0 unspecified atom stereocenters. The highest BCUT2D eigenvalue weighted by atomic mass is 35.5. The number of nitrogens with one attached hydrogen (secondary N) is 2. The molecule has 0 aliphatic carbocycles. The predicted octanol–water partition coefficient (Wildman–Crippen LogP) is 0.697. The van der Waals surface area contributed by atoms with Crippen LogP contribution in [-0.2, 0) is 15.8 Å². The molecule has 10 heteroatoms. The zero-order valence-corrected chi connectivity index (χ0v) is 12.8. The van der Waals surface area contributed by atoms with Crippen molar-refractivity contribution < 1.29 is 27.5 Å². The molecular formula is C13H17ClF3N3O3. The van der Waals surface area contributed by atoms with Gasteiger partial charge in [-0.15, -0.1) is 12.4 Å². The summed E-state index contributed by atoms with van der Waals surface area (Å²) < 4.78 is 42.6. The minimum Gasteiger partial charge on any atom is -0.492 e. The van der Waals surface area contributed by atoms with Crippen LogP contribution in [0.1, 0.15) is 5.56 Å². The number of carbonyl (C=O) groups excluding carboxylic acids is 2. The monoisotopic (exact) mass is 355 g/mol. The minimum atomic E-state index is -4.44. The molecule has 0 saturated heterocycles. The molecular weight excluding hydrogens is 339 g/mol. The van der Waals surface area contributed by atoms with Crippen LogP contribution in [0.3, 0.4) is 0 Å². The summed E-state index contributed by atoms with van der Waals surface area (Å²) in [5.74, 6) is -0.856. The molecule has 0 radical (unpaired) electrons. The molecule has 23 heavy (non-hydrogen) atoms. The molecule has 0 aliphatic heterocycles. The first-order valence-electron chi connectivity index (χ1n) is 6.36. The Kier molecular flexibility index (Phi) is 9.04. The summed E-state index contributed by atoms with van der Waals surface area (Å²) in [6.07, 6.45) is -4.44. The van der Waals surface area contributed by atoms with Crippen LogP contribution in [-0.4, -0.2) is 38.1 Å². The molecule has 0 aromatic heterocycles. The summed E-state index contributed by atoms with van der Waals surface area (Å²) in [6.45, 7) is -0.350. The number of ether oxygens (including phenoxy) is 1. The van der Waals surface area contributed by atoms with E-state index < -0.39 is 23.6 Å². The van der Waals surface area contributed by atoms with E-state index in [1.54, 1.807) is 0 Å². The third kappa shape index (κ3) is 8.27. The Hall–Kier alpha value is -2.00. The van der Waals surface area contributed by atoms with Gasteiger partial charge in [0.05, 0.1) is 25.2 Å². The van der Waals surface area contributed by atoms with Gasteiger partial charge in [0.25, 0.3) is 0 Å². The Balaban J connectivity index is 0.00000484. The van der Waals surface area contributed by atoms with Gasteiger partial charge in [0.15, 0.2) is 0 Å². The topological polar surface area (TPSA) is 93.5 Å². The van der Waals surface area contributed by atoms with Crippen molar-refractivity contribution in [2.75, 3.05) is 26.2 Å². The van der Waals surface area contributed by atoms with E-state index in [0.717, 1.165) is 12.1 Å². The Morgan fingerprint density at radius 1 is 1.17 bits per heavy atom. The van der Waals surface area contributed by atoms with Crippen molar-refractivity contribution in [3.05, 3.63) is 29.8 Å². The summed E-state index contributed by atoms with van der Waals surface area (Å²) in [6, 6.07) is 4.44. The molecule has 6 nitrogen and oxygen atoms in total. The van der Waals surface area contributed by atoms with Crippen molar-refractivity contribution in [1.29, 1.82) is 0 Å². The van der Waals surface area contributed by atoms with E-state index in [9.17, 15) is 22.8 Å². The van der Waals surface area contributed by atoms with E-state index in [4.69, 9.17) is 10.5 Å². The van der Waals surface area contributed by atoms with Crippen molar-refractivity contribution in [1.82, 2.24) is 10.6 Å². The Morgan fingerprint density at radius 2 is 1.87 bits per heavy atom. The molecule has 0 saturated carbocycles. The molecule has 1 rings (SSSR count). The van der Waals surface area contributed by atoms with Crippen LogP contribution in [0.25, 0.3) is 0 Å². The fraction of sp³-hybridized carbons (Fsp3) is 0.385. The van der Waals surface area contributed by atoms with Gasteiger partial charge in [0.2, 0.25) is 11.8 Å². The largest absolute Gasteiger partial charge is 0.492 e. The molecule has 2 amide bonds. The zero-order chi connectivity index (χ0) is 16.6. The lowest BCUT2D eigenvalue weighted by Gasteiger charge is -2.11. The lowest BCUT2D eigenvalue weighted by atomic mass is 10.2. The van der Waals surface area contributed by atoms with Gasteiger partial charge in [0, 0.05) is 0 Å². The van der Waals surface area contributed by atoms with E-state index in [1.807, 2.05) is 0 Å². The van der Waals surface area contributed by atoms with Crippen LogP contribution in [0.4, 0.5) is 13.2 Å². The number of carbonyl (C=O) groups is 2. The molecule has 0 spiro atoms. The summed E-state index contributed by atoms with van der Waals surface area (Å²) in [4.78, 5) is 22.1. The van der Waals surface area contributed by atoms with Gasteiger partial charge in [-0.3, -0.25) is 9.59 Å². The van der Waals surface area contributed by atoms with Crippen LogP contribution in [0, 0.1) is 0 Å². The maximum absolute atomic E-state index is 12.5. The fourth-order valence-electron chi connectivity index (χ4n) is 1.44. The summed E-state index contributed by atoms with van der Waals surface area (Å²) >= 11 is 0. The summed E-state index contributed by atoms with van der Waals surface area (Å²) in [5, 5.41) is 4.71. The molecule has 0 heterocycles. The number of hydrogen-bond acceptors (Lipinski definition) is 4. The molecule has 4 N–H and O–H groups in total. The smallest absolute Gasteiger partial charge is 0.416 e. The molecule has 130 valence electrons. The second kappa shape index (κ2) is 9.90. The molecule has 0 fully saturated rings. The minimum absolute atomic E-state index is 0. The summed E-state index contributed by atoms with van der Waals surface area (Å²) in [5.41, 5.74) is 4.24. The van der Waals surface area contributed by atoms with Gasteiger partial charge in [0.1, 0.15) is 12.4 Å². The number of amides is 2. The predicted molar refractivity (Wildman–Crippen MR) is 79.3 cm³/mol. The van der Waals surface area contributed by atoms with Crippen molar-refractivity contribution in [3.8, 4) is 5.75 Å². The van der Waals surface area contributed by atoms with Crippen molar-refractivity contribution in [2.45, 2.75) is 6.18 Å². The van der Waals surface area contributed by atoms with E-state index in [0.29, 0.717) is 0 Å². The fourth-order valence-corrected chi connectivity index (χ4v) is 1.44. The highest BCUT2D eigenvalue weighted by molar-refractivity contribution is 5.85. The van der Waals surface area contributed by atoms with Crippen LogP contribution in [0.2, 0.25) is 0 Å². The number of hydrogen-bond donors (Lipinski definition) is 3. The first-order valence-corrected chi connectivity index (χ1v) is 6.36. The number of rotatable bonds is 7. The van der Waals surface area contributed by atoms with E-state index in [2.05, 4.69) is 10.6 Å². The van der Waals surface area contributed by atoms with Crippen molar-refractivity contribution >= 4 is 24.2 Å².